The van der Waals surface area contributed by atoms with E-state index in [9.17, 15) is 9.90 Å². The minimum absolute atomic E-state index is 0.188. The monoisotopic (exact) mass is 315 g/mol. The van der Waals surface area contributed by atoms with Crippen LogP contribution in [0.1, 0.15) is 33.5 Å². The first kappa shape index (κ1) is 15.1. The zero-order chi connectivity index (χ0) is 15.7. The number of halogens is 1. The number of aryl methyl sites for hydroxylation is 2. The average molecular weight is 316 g/mol. The van der Waals surface area contributed by atoms with Crippen molar-refractivity contribution >= 4 is 17.5 Å². The highest BCUT2D eigenvalue weighted by Crippen LogP contribution is 2.36. The largest absolute Gasteiger partial charge is 0.383 e. The van der Waals surface area contributed by atoms with E-state index in [2.05, 4.69) is 5.32 Å². The Balaban J connectivity index is 1.76. The Morgan fingerprint density at radius 3 is 2.86 bits per heavy atom. The van der Waals surface area contributed by atoms with Gasteiger partial charge in [-0.25, -0.2) is 0 Å². The number of nitrogens with one attached hydrogen (secondary N) is 1. The number of aliphatic hydroxyl groups is 1. The summed E-state index contributed by atoms with van der Waals surface area (Å²) in [7, 11) is 0. The minimum atomic E-state index is -0.997. The predicted molar refractivity (Wildman–Crippen MR) is 87.2 cm³/mol. The molecule has 1 amide bonds. The molecule has 2 aromatic rings. The first-order chi connectivity index (χ1) is 10.5. The summed E-state index contributed by atoms with van der Waals surface area (Å²) in [6, 6.07) is 13.2. The van der Waals surface area contributed by atoms with Crippen LogP contribution in [0.4, 0.5) is 0 Å². The molecule has 0 aliphatic heterocycles. The fourth-order valence-electron chi connectivity index (χ4n) is 3.00. The standard InChI is InChI=1S/C18H18ClNO2/c1-12-5-4-7-14(16(12)19)17(21)20-11-18(22)10-9-13-6-2-3-8-15(13)18/h2-8,22H,9-11H2,1H3,(H,20,21). The molecule has 0 heterocycles. The van der Waals surface area contributed by atoms with Crippen molar-refractivity contribution in [2.24, 2.45) is 0 Å². The quantitative estimate of drug-likeness (QED) is 0.913. The maximum absolute atomic E-state index is 12.3. The molecule has 0 fully saturated rings. The summed E-state index contributed by atoms with van der Waals surface area (Å²) in [5.74, 6) is -0.258. The maximum atomic E-state index is 12.3. The molecule has 1 unspecified atom stereocenters. The van der Waals surface area contributed by atoms with Crippen molar-refractivity contribution in [3.05, 3.63) is 69.7 Å². The molecule has 22 heavy (non-hydrogen) atoms. The molecule has 0 aromatic heterocycles. The van der Waals surface area contributed by atoms with E-state index in [-0.39, 0.29) is 12.5 Å². The van der Waals surface area contributed by atoms with Gasteiger partial charge in [-0.1, -0.05) is 48.0 Å². The molecule has 0 radical (unpaired) electrons. The molecule has 1 atom stereocenters. The summed E-state index contributed by atoms with van der Waals surface area (Å²) in [6.45, 7) is 2.05. The summed E-state index contributed by atoms with van der Waals surface area (Å²) in [5, 5.41) is 14.1. The zero-order valence-electron chi connectivity index (χ0n) is 12.4. The smallest absolute Gasteiger partial charge is 0.252 e. The molecule has 2 aromatic carbocycles. The maximum Gasteiger partial charge on any atom is 0.252 e. The van der Waals surface area contributed by atoms with Gasteiger partial charge in [-0.2, -0.15) is 0 Å². The van der Waals surface area contributed by atoms with Crippen LogP contribution in [0.2, 0.25) is 5.02 Å². The molecule has 114 valence electrons. The van der Waals surface area contributed by atoms with Crippen LogP contribution >= 0.6 is 11.6 Å². The van der Waals surface area contributed by atoms with Crippen LogP contribution in [0.5, 0.6) is 0 Å². The van der Waals surface area contributed by atoms with Gasteiger partial charge in [-0.05, 0) is 42.5 Å². The molecule has 1 aliphatic carbocycles. The van der Waals surface area contributed by atoms with Gasteiger partial charge >= 0.3 is 0 Å². The highest BCUT2D eigenvalue weighted by molar-refractivity contribution is 6.34. The Kier molecular flexibility index (Phi) is 3.94. The van der Waals surface area contributed by atoms with E-state index < -0.39 is 5.60 Å². The van der Waals surface area contributed by atoms with Gasteiger partial charge in [0.25, 0.3) is 5.91 Å². The van der Waals surface area contributed by atoms with Gasteiger partial charge in [-0.3, -0.25) is 4.79 Å². The summed E-state index contributed by atoms with van der Waals surface area (Å²) in [4.78, 5) is 12.3. The van der Waals surface area contributed by atoms with Gasteiger partial charge < -0.3 is 10.4 Å². The molecular weight excluding hydrogens is 298 g/mol. The number of carbonyl (C=O) groups is 1. The summed E-state index contributed by atoms with van der Waals surface area (Å²) >= 11 is 6.18. The van der Waals surface area contributed by atoms with Gasteiger partial charge in [-0.15, -0.1) is 0 Å². The predicted octanol–water partition coefficient (Wildman–Crippen LogP) is 3.21. The van der Waals surface area contributed by atoms with Gasteiger partial charge in [0.15, 0.2) is 0 Å². The van der Waals surface area contributed by atoms with Crippen molar-refractivity contribution in [3.8, 4) is 0 Å². The molecule has 0 spiro atoms. The number of carbonyl (C=O) groups excluding carboxylic acids is 1. The zero-order valence-corrected chi connectivity index (χ0v) is 13.2. The number of fused-ring (bicyclic) bond motifs is 1. The summed E-state index contributed by atoms with van der Waals surface area (Å²) < 4.78 is 0. The minimum Gasteiger partial charge on any atom is -0.383 e. The Morgan fingerprint density at radius 1 is 1.27 bits per heavy atom. The van der Waals surface area contributed by atoms with Crippen LogP contribution in [0, 0.1) is 6.92 Å². The Morgan fingerprint density at radius 2 is 2.05 bits per heavy atom. The molecule has 2 N–H and O–H groups in total. The second-order valence-corrected chi connectivity index (χ2v) is 6.19. The highest BCUT2D eigenvalue weighted by Gasteiger charge is 2.36. The van der Waals surface area contributed by atoms with E-state index in [0.717, 1.165) is 23.1 Å². The molecule has 3 nitrogen and oxygen atoms in total. The molecule has 1 aliphatic rings. The van der Waals surface area contributed by atoms with E-state index in [0.29, 0.717) is 17.0 Å². The van der Waals surface area contributed by atoms with Crippen molar-refractivity contribution in [1.29, 1.82) is 0 Å². The van der Waals surface area contributed by atoms with Gasteiger partial charge in [0.1, 0.15) is 5.60 Å². The highest BCUT2D eigenvalue weighted by atomic mass is 35.5. The van der Waals surface area contributed by atoms with Crippen LogP contribution in [0.3, 0.4) is 0 Å². The first-order valence-corrected chi connectivity index (χ1v) is 7.73. The first-order valence-electron chi connectivity index (χ1n) is 7.35. The van der Waals surface area contributed by atoms with Gasteiger partial charge in [0.2, 0.25) is 0 Å². The Hall–Kier alpha value is -1.84. The average Bonchev–Trinajstić information content (AvgIpc) is 2.86. The second-order valence-electron chi connectivity index (χ2n) is 5.81. The molecular formula is C18H18ClNO2. The second kappa shape index (κ2) is 5.75. The third-order valence-electron chi connectivity index (χ3n) is 4.30. The Bertz CT molecular complexity index is 729. The number of rotatable bonds is 3. The van der Waals surface area contributed by atoms with E-state index in [4.69, 9.17) is 11.6 Å². The number of amides is 1. The summed E-state index contributed by atoms with van der Waals surface area (Å²) in [6.07, 6.45) is 1.45. The van der Waals surface area contributed by atoms with Crippen LogP contribution in [-0.2, 0) is 12.0 Å². The van der Waals surface area contributed by atoms with Crippen molar-refractivity contribution in [3.63, 3.8) is 0 Å². The van der Waals surface area contributed by atoms with Crippen LogP contribution in [0.15, 0.2) is 42.5 Å². The van der Waals surface area contributed by atoms with Crippen molar-refractivity contribution in [1.82, 2.24) is 5.32 Å². The van der Waals surface area contributed by atoms with Gasteiger partial charge in [0, 0.05) is 0 Å². The van der Waals surface area contributed by atoms with Crippen LogP contribution < -0.4 is 5.32 Å². The van der Waals surface area contributed by atoms with Gasteiger partial charge in [0.05, 0.1) is 17.1 Å². The molecule has 0 saturated carbocycles. The number of hydrogen-bond acceptors (Lipinski definition) is 2. The lowest BCUT2D eigenvalue weighted by molar-refractivity contribution is 0.0369. The van der Waals surface area contributed by atoms with Crippen LogP contribution in [-0.4, -0.2) is 17.6 Å². The number of benzene rings is 2. The summed E-state index contributed by atoms with van der Waals surface area (Å²) in [5.41, 5.74) is 2.36. The van der Waals surface area contributed by atoms with E-state index in [1.165, 1.54) is 0 Å². The van der Waals surface area contributed by atoms with Crippen molar-refractivity contribution in [2.45, 2.75) is 25.4 Å². The topological polar surface area (TPSA) is 49.3 Å². The molecule has 3 rings (SSSR count). The third kappa shape index (κ3) is 2.62. The SMILES string of the molecule is Cc1cccc(C(=O)NCC2(O)CCc3ccccc32)c1Cl. The normalized spacial score (nSPS) is 19.8. The van der Waals surface area contributed by atoms with E-state index >= 15 is 0 Å². The lowest BCUT2D eigenvalue weighted by Gasteiger charge is -2.24. The molecule has 0 bridgehead atoms. The fraction of sp³-hybridized carbons (Fsp3) is 0.278. The third-order valence-corrected chi connectivity index (χ3v) is 4.81. The van der Waals surface area contributed by atoms with E-state index in [1.54, 1.807) is 12.1 Å². The Labute approximate surface area is 134 Å². The molecule has 0 saturated heterocycles. The van der Waals surface area contributed by atoms with Crippen molar-refractivity contribution < 1.29 is 9.90 Å². The number of hydrogen-bond donors (Lipinski definition) is 2. The molecule has 4 heteroatoms. The lowest BCUT2D eigenvalue weighted by Crippen LogP contribution is -2.39. The lowest BCUT2D eigenvalue weighted by atomic mass is 9.96. The van der Waals surface area contributed by atoms with E-state index in [1.807, 2.05) is 37.3 Å². The fourth-order valence-corrected chi connectivity index (χ4v) is 3.21. The van der Waals surface area contributed by atoms with Crippen molar-refractivity contribution in [2.75, 3.05) is 6.54 Å². The van der Waals surface area contributed by atoms with Crippen LogP contribution in [0.25, 0.3) is 0 Å².